The molecule has 6 nitrogen and oxygen atoms in total. The fraction of sp³-hybridized carbons (Fsp3) is 0.0556. The van der Waals surface area contributed by atoms with Gasteiger partial charge in [0.05, 0.1) is 22.4 Å². The summed E-state index contributed by atoms with van der Waals surface area (Å²) in [7, 11) is 0. The van der Waals surface area contributed by atoms with Crippen molar-refractivity contribution >= 4 is 46.6 Å². The molecule has 26 heavy (non-hydrogen) atoms. The summed E-state index contributed by atoms with van der Waals surface area (Å²) in [6.45, 7) is -0.100. The first-order chi connectivity index (χ1) is 12.4. The van der Waals surface area contributed by atoms with Gasteiger partial charge < -0.3 is 14.3 Å². The van der Waals surface area contributed by atoms with Crippen LogP contribution in [-0.4, -0.2) is 28.6 Å². The molecule has 0 spiro atoms. The monoisotopic (exact) mass is 386 g/mol. The van der Waals surface area contributed by atoms with Gasteiger partial charge in [-0.1, -0.05) is 23.6 Å². The smallest absolute Gasteiger partial charge is 0.294 e. The first-order valence-electron chi connectivity index (χ1n) is 7.20. The Morgan fingerprint density at radius 3 is 2.81 bits per heavy atom. The van der Waals surface area contributed by atoms with E-state index >= 15 is 0 Å². The maximum atomic E-state index is 12.1. The zero-order chi connectivity index (χ0) is 18.8. The van der Waals surface area contributed by atoms with Crippen molar-refractivity contribution < 1.29 is 23.9 Å². The topological polar surface area (TPSA) is 90.7 Å². The van der Waals surface area contributed by atoms with E-state index in [2.05, 4.69) is 5.92 Å². The van der Waals surface area contributed by atoms with Gasteiger partial charge in [-0.05, 0) is 41.6 Å². The Labute approximate surface area is 157 Å². The number of nitrogens with zero attached hydrogens (tertiary/aromatic N) is 1. The number of carboxylic acid groups (broad SMARTS) is 1. The highest BCUT2D eigenvalue weighted by Crippen LogP contribution is 2.34. The van der Waals surface area contributed by atoms with Gasteiger partial charge in [-0.3, -0.25) is 14.5 Å². The highest BCUT2D eigenvalue weighted by molar-refractivity contribution is 8.18. The van der Waals surface area contributed by atoms with Crippen molar-refractivity contribution in [3.05, 3.63) is 51.6 Å². The predicted molar refractivity (Wildman–Crippen MR) is 95.0 cm³/mol. The number of benzene rings is 1. The zero-order valence-electron chi connectivity index (χ0n) is 13.0. The molecule has 2 heterocycles. The van der Waals surface area contributed by atoms with Crippen LogP contribution < -0.4 is 5.11 Å². The van der Waals surface area contributed by atoms with Crippen LogP contribution in [0.3, 0.4) is 0 Å². The Morgan fingerprint density at radius 2 is 2.12 bits per heavy atom. The molecule has 3 rings (SSSR count). The van der Waals surface area contributed by atoms with E-state index in [1.165, 1.54) is 24.3 Å². The van der Waals surface area contributed by atoms with Crippen LogP contribution in [0.15, 0.2) is 39.7 Å². The quantitative estimate of drug-likeness (QED) is 0.592. The van der Waals surface area contributed by atoms with Gasteiger partial charge in [-0.2, -0.15) is 0 Å². The molecule has 2 aromatic rings. The lowest BCUT2D eigenvalue weighted by Gasteiger charge is -2.06. The molecule has 130 valence electrons. The lowest BCUT2D eigenvalue weighted by atomic mass is 10.1. The fourth-order valence-electron chi connectivity index (χ4n) is 2.27. The number of rotatable bonds is 4. The number of imide groups is 1. The Morgan fingerprint density at radius 1 is 1.35 bits per heavy atom. The van der Waals surface area contributed by atoms with Crippen molar-refractivity contribution in [1.82, 2.24) is 4.90 Å². The molecule has 0 bridgehead atoms. The van der Waals surface area contributed by atoms with Gasteiger partial charge in [0.25, 0.3) is 11.1 Å². The van der Waals surface area contributed by atoms with Gasteiger partial charge in [-0.25, -0.2) is 0 Å². The number of halogens is 1. The molecular formula is C18H9ClNO5S-. The maximum absolute atomic E-state index is 12.1. The number of amides is 2. The van der Waals surface area contributed by atoms with Crippen molar-refractivity contribution in [3.63, 3.8) is 0 Å². The molecular weight excluding hydrogens is 378 g/mol. The second-order valence-corrected chi connectivity index (χ2v) is 6.56. The van der Waals surface area contributed by atoms with E-state index in [4.69, 9.17) is 22.4 Å². The van der Waals surface area contributed by atoms with Crippen molar-refractivity contribution in [2.75, 3.05) is 6.54 Å². The molecule has 1 aliphatic heterocycles. The van der Waals surface area contributed by atoms with Crippen molar-refractivity contribution in [2.45, 2.75) is 0 Å². The molecule has 1 aromatic carbocycles. The van der Waals surface area contributed by atoms with Gasteiger partial charge in [0, 0.05) is 11.6 Å². The molecule has 8 heteroatoms. The van der Waals surface area contributed by atoms with Crippen LogP contribution in [0.25, 0.3) is 17.4 Å². The van der Waals surface area contributed by atoms with Crippen LogP contribution >= 0.6 is 23.4 Å². The first kappa shape index (κ1) is 17.9. The van der Waals surface area contributed by atoms with Crippen molar-refractivity contribution in [2.24, 2.45) is 0 Å². The van der Waals surface area contributed by atoms with Crippen LogP contribution in [0.1, 0.15) is 16.1 Å². The number of hydrogen-bond donors (Lipinski definition) is 0. The predicted octanol–water partition coefficient (Wildman–Crippen LogP) is 2.63. The molecule has 0 radical (unpaired) electrons. The lowest BCUT2D eigenvalue weighted by molar-refractivity contribution is -0.255. The normalized spacial score (nSPS) is 15.5. The molecule has 0 saturated carbocycles. The standard InChI is InChI=1S/C18H10ClNO5S/c1-2-7-20-16(21)15(26-18(20)24)9-11-4-6-14(25-11)12-8-10(17(22)23)3-5-13(12)19/h1,3-6,8-9H,7H2,(H,22,23)/p-1/b15-9-. The van der Waals surface area contributed by atoms with Crippen molar-refractivity contribution in [1.29, 1.82) is 0 Å². The molecule has 1 fully saturated rings. The van der Waals surface area contributed by atoms with E-state index in [1.807, 2.05) is 0 Å². The number of terminal acetylenes is 1. The third-order valence-electron chi connectivity index (χ3n) is 3.49. The number of carbonyl (C=O) groups excluding carboxylic acids is 3. The molecule has 0 atom stereocenters. The minimum atomic E-state index is -1.34. The zero-order valence-corrected chi connectivity index (χ0v) is 14.6. The molecule has 1 saturated heterocycles. The Bertz CT molecular complexity index is 1000. The SMILES string of the molecule is C#CCN1C(=O)S/C(=C\c2ccc(-c3cc(C(=O)[O-])ccc3Cl)o2)C1=O. The molecule has 1 aliphatic rings. The minimum absolute atomic E-state index is 0.0437. The summed E-state index contributed by atoms with van der Waals surface area (Å²) in [6, 6.07) is 7.24. The molecule has 2 amide bonds. The third-order valence-corrected chi connectivity index (χ3v) is 4.73. The second-order valence-electron chi connectivity index (χ2n) is 5.16. The molecule has 1 aromatic heterocycles. The summed E-state index contributed by atoms with van der Waals surface area (Å²) in [5.74, 6) is 1.04. The average Bonchev–Trinajstić information content (AvgIpc) is 3.16. The van der Waals surface area contributed by atoms with E-state index in [9.17, 15) is 19.5 Å². The van der Waals surface area contributed by atoms with Crippen LogP contribution in [-0.2, 0) is 4.79 Å². The van der Waals surface area contributed by atoms with E-state index in [0.717, 1.165) is 16.7 Å². The van der Waals surface area contributed by atoms with Crippen LogP contribution in [0.2, 0.25) is 5.02 Å². The highest BCUT2D eigenvalue weighted by Gasteiger charge is 2.34. The lowest BCUT2D eigenvalue weighted by Crippen LogP contribution is -2.28. The van der Waals surface area contributed by atoms with Crippen LogP contribution in [0.4, 0.5) is 4.79 Å². The Kier molecular flexibility index (Phi) is 4.89. The Balaban J connectivity index is 1.91. The number of carbonyl (C=O) groups is 3. The number of hydrogen-bond acceptors (Lipinski definition) is 6. The largest absolute Gasteiger partial charge is 0.545 e. The van der Waals surface area contributed by atoms with Gasteiger partial charge in [0.15, 0.2) is 0 Å². The maximum Gasteiger partial charge on any atom is 0.294 e. The number of aromatic carboxylic acids is 1. The summed E-state index contributed by atoms with van der Waals surface area (Å²) in [4.78, 5) is 36.1. The van der Waals surface area contributed by atoms with Crippen LogP contribution in [0.5, 0.6) is 0 Å². The summed E-state index contributed by atoms with van der Waals surface area (Å²) < 4.78 is 5.62. The number of furan rings is 1. The van der Waals surface area contributed by atoms with Crippen molar-refractivity contribution in [3.8, 4) is 23.7 Å². The second kappa shape index (κ2) is 7.12. The number of carboxylic acids is 1. The van der Waals surface area contributed by atoms with E-state index in [1.54, 1.807) is 12.1 Å². The summed E-state index contributed by atoms with van der Waals surface area (Å²) in [5, 5.41) is 10.8. The average molecular weight is 387 g/mol. The Hall–Kier alpha value is -2.95. The summed E-state index contributed by atoms with van der Waals surface area (Å²) in [5.41, 5.74) is 0.325. The van der Waals surface area contributed by atoms with Gasteiger partial charge >= 0.3 is 0 Å². The van der Waals surface area contributed by atoms with Gasteiger partial charge in [0.2, 0.25) is 0 Å². The van der Waals surface area contributed by atoms with Gasteiger partial charge in [-0.15, -0.1) is 6.42 Å². The van der Waals surface area contributed by atoms with Gasteiger partial charge in [0.1, 0.15) is 11.5 Å². The summed E-state index contributed by atoms with van der Waals surface area (Å²) >= 11 is 6.86. The fourth-order valence-corrected chi connectivity index (χ4v) is 3.30. The van der Waals surface area contributed by atoms with E-state index in [0.29, 0.717) is 22.1 Å². The highest BCUT2D eigenvalue weighted by atomic mass is 35.5. The van der Waals surface area contributed by atoms with E-state index in [-0.39, 0.29) is 17.0 Å². The number of thioether (sulfide) groups is 1. The minimum Gasteiger partial charge on any atom is -0.545 e. The van der Waals surface area contributed by atoms with Crippen LogP contribution in [0, 0.1) is 12.3 Å². The van der Waals surface area contributed by atoms with E-state index < -0.39 is 17.1 Å². The molecule has 0 N–H and O–H groups in total. The first-order valence-corrected chi connectivity index (χ1v) is 8.40. The molecule has 0 aliphatic carbocycles. The summed E-state index contributed by atoms with van der Waals surface area (Å²) in [6.07, 6.45) is 6.56. The molecule has 0 unspecified atom stereocenters. The third kappa shape index (κ3) is 3.38.